The molecule has 3 heteroatoms. The van der Waals surface area contributed by atoms with Gasteiger partial charge in [0.25, 0.3) is 0 Å². The number of carbonyl (C=O) groups is 1. The van der Waals surface area contributed by atoms with Gasteiger partial charge in [0.2, 0.25) is 0 Å². The summed E-state index contributed by atoms with van der Waals surface area (Å²) in [5, 5.41) is 0. The maximum absolute atomic E-state index is 11.3. The van der Waals surface area contributed by atoms with Crippen LogP contribution in [-0.4, -0.2) is 31.1 Å². The fourth-order valence-electron chi connectivity index (χ4n) is 2.63. The average molecular weight is 261 g/mol. The number of esters is 1. The van der Waals surface area contributed by atoms with Crippen molar-refractivity contribution >= 4 is 5.97 Å². The number of hydrogen-bond acceptors (Lipinski definition) is 3. The summed E-state index contributed by atoms with van der Waals surface area (Å²) in [5.41, 5.74) is 4.36. The molecule has 1 aromatic rings. The van der Waals surface area contributed by atoms with Gasteiger partial charge in [0.15, 0.2) is 0 Å². The van der Waals surface area contributed by atoms with Crippen LogP contribution in [0.2, 0.25) is 0 Å². The Kier molecular flexibility index (Phi) is 4.97. The second-order valence-electron chi connectivity index (χ2n) is 5.25. The van der Waals surface area contributed by atoms with Gasteiger partial charge in [-0.25, -0.2) is 0 Å². The highest BCUT2D eigenvalue weighted by molar-refractivity contribution is 5.69. The lowest BCUT2D eigenvalue weighted by atomic mass is 10.1. The van der Waals surface area contributed by atoms with E-state index in [9.17, 15) is 4.79 Å². The van der Waals surface area contributed by atoms with E-state index in [0.29, 0.717) is 13.0 Å². The lowest BCUT2D eigenvalue weighted by Crippen LogP contribution is -2.22. The van der Waals surface area contributed by atoms with Gasteiger partial charge in [-0.1, -0.05) is 18.2 Å². The van der Waals surface area contributed by atoms with Gasteiger partial charge in [-0.3, -0.25) is 4.79 Å². The van der Waals surface area contributed by atoms with Gasteiger partial charge in [-0.15, -0.1) is 0 Å². The molecule has 104 valence electrons. The van der Waals surface area contributed by atoms with E-state index in [1.807, 2.05) is 14.0 Å². The van der Waals surface area contributed by atoms with Crippen molar-refractivity contribution in [2.24, 2.45) is 0 Å². The van der Waals surface area contributed by atoms with E-state index in [2.05, 4.69) is 23.1 Å². The van der Waals surface area contributed by atoms with Crippen molar-refractivity contribution < 1.29 is 9.53 Å². The molecule has 0 N–H and O–H groups in total. The van der Waals surface area contributed by atoms with Crippen LogP contribution in [-0.2, 0) is 28.9 Å². The minimum Gasteiger partial charge on any atom is -0.466 e. The fourth-order valence-corrected chi connectivity index (χ4v) is 2.63. The molecular formula is C16H23NO2. The summed E-state index contributed by atoms with van der Waals surface area (Å²) in [6.07, 6.45) is 4.21. The molecule has 0 saturated heterocycles. The first kappa shape index (κ1) is 14.1. The molecule has 0 heterocycles. The molecule has 0 atom stereocenters. The van der Waals surface area contributed by atoms with Crippen molar-refractivity contribution in [3.63, 3.8) is 0 Å². The number of aryl methyl sites for hydroxylation is 2. The Morgan fingerprint density at radius 1 is 1.32 bits per heavy atom. The van der Waals surface area contributed by atoms with E-state index in [4.69, 9.17) is 4.74 Å². The van der Waals surface area contributed by atoms with Gasteiger partial charge >= 0.3 is 5.97 Å². The van der Waals surface area contributed by atoms with Crippen LogP contribution in [0.4, 0.5) is 0 Å². The number of hydrogen-bond donors (Lipinski definition) is 0. The van der Waals surface area contributed by atoms with Crippen LogP contribution in [0.25, 0.3) is 0 Å². The first-order chi connectivity index (χ1) is 9.19. The van der Waals surface area contributed by atoms with Gasteiger partial charge in [-0.2, -0.15) is 0 Å². The Morgan fingerprint density at radius 3 is 2.89 bits per heavy atom. The van der Waals surface area contributed by atoms with E-state index in [-0.39, 0.29) is 5.97 Å². The second kappa shape index (κ2) is 6.71. The summed E-state index contributed by atoms with van der Waals surface area (Å²) in [7, 11) is 2.05. The molecule has 0 aromatic heterocycles. The Hall–Kier alpha value is -1.35. The standard InChI is InChI=1S/C16H23NO2/c1-3-19-16(18)9-10-17(2)12-13-7-8-14-5-4-6-15(14)11-13/h7-8,11H,3-6,9-10,12H2,1-2H3. The van der Waals surface area contributed by atoms with Crippen molar-refractivity contribution in [3.05, 3.63) is 34.9 Å². The zero-order valence-electron chi connectivity index (χ0n) is 11.9. The van der Waals surface area contributed by atoms with Crippen LogP contribution in [0.5, 0.6) is 0 Å². The topological polar surface area (TPSA) is 29.5 Å². The molecule has 1 aromatic carbocycles. The van der Waals surface area contributed by atoms with Crippen molar-refractivity contribution in [3.8, 4) is 0 Å². The van der Waals surface area contributed by atoms with Crippen molar-refractivity contribution in [1.82, 2.24) is 4.90 Å². The van der Waals surface area contributed by atoms with E-state index >= 15 is 0 Å². The highest BCUT2D eigenvalue weighted by Gasteiger charge is 2.12. The van der Waals surface area contributed by atoms with E-state index < -0.39 is 0 Å². The fraction of sp³-hybridized carbons (Fsp3) is 0.562. The minimum atomic E-state index is -0.108. The number of ether oxygens (including phenoxy) is 1. The first-order valence-corrected chi connectivity index (χ1v) is 7.14. The maximum Gasteiger partial charge on any atom is 0.307 e. The quantitative estimate of drug-likeness (QED) is 0.737. The third-order valence-corrected chi connectivity index (χ3v) is 3.62. The van der Waals surface area contributed by atoms with Gasteiger partial charge in [0.1, 0.15) is 0 Å². The van der Waals surface area contributed by atoms with Crippen LogP contribution in [0.1, 0.15) is 36.5 Å². The molecular weight excluding hydrogens is 238 g/mol. The molecule has 3 nitrogen and oxygen atoms in total. The Labute approximate surface area is 115 Å². The highest BCUT2D eigenvalue weighted by atomic mass is 16.5. The lowest BCUT2D eigenvalue weighted by Gasteiger charge is -2.16. The number of fused-ring (bicyclic) bond motifs is 1. The lowest BCUT2D eigenvalue weighted by molar-refractivity contribution is -0.143. The normalized spacial score (nSPS) is 13.6. The van der Waals surface area contributed by atoms with Crippen LogP contribution >= 0.6 is 0 Å². The molecule has 2 rings (SSSR count). The molecule has 19 heavy (non-hydrogen) atoms. The molecule has 1 aliphatic carbocycles. The third-order valence-electron chi connectivity index (χ3n) is 3.62. The number of carbonyl (C=O) groups excluding carboxylic acids is 1. The molecule has 0 saturated carbocycles. The summed E-state index contributed by atoms with van der Waals surface area (Å²) in [6, 6.07) is 6.80. The van der Waals surface area contributed by atoms with Crippen LogP contribution < -0.4 is 0 Å². The Balaban J connectivity index is 1.82. The van der Waals surface area contributed by atoms with Crippen molar-refractivity contribution in [1.29, 1.82) is 0 Å². The van der Waals surface area contributed by atoms with Crippen molar-refractivity contribution in [2.45, 2.75) is 39.2 Å². The van der Waals surface area contributed by atoms with Crippen LogP contribution in [0.15, 0.2) is 18.2 Å². The summed E-state index contributed by atoms with van der Waals surface area (Å²) >= 11 is 0. The van der Waals surface area contributed by atoms with Crippen molar-refractivity contribution in [2.75, 3.05) is 20.2 Å². The molecule has 0 radical (unpaired) electrons. The molecule has 1 aliphatic rings. The largest absolute Gasteiger partial charge is 0.466 e. The highest BCUT2D eigenvalue weighted by Crippen LogP contribution is 2.23. The molecule has 0 bridgehead atoms. The minimum absolute atomic E-state index is 0.108. The van der Waals surface area contributed by atoms with Crippen LogP contribution in [0, 0.1) is 0 Å². The summed E-state index contributed by atoms with van der Waals surface area (Å²) < 4.78 is 4.94. The summed E-state index contributed by atoms with van der Waals surface area (Å²) in [4.78, 5) is 13.5. The smallest absolute Gasteiger partial charge is 0.307 e. The van der Waals surface area contributed by atoms with Gasteiger partial charge in [0.05, 0.1) is 13.0 Å². The van der Waals surface area contributed by atoms with E-state index in [1.165, 1.54) is 36.0 Å². The Morgan fingerprint density at radius 2 is 2.11 bits per heavy atom. The van der Waals surface area contributed by atoms with Crippen LogP contribution in [0.3, 0.4) is 0 Å². The van der Waals surface area contributed by atoms with Gasteiger partial charge < -0.3 is 9.64 Å². The molecule has 0 unspecified atom stereocenters. The number of nitrogens with zero attached hydrogens (tertiary/aromatic N) is 1. The average Bonchev–Trinajstić information content (AvgIpc) is 2.84. The van der Waals surface area contributed by atoms with E-state index in [1.54, 1.807) is 0 Å². The van der Waals surface area contributed by atoms with E-state index in [0.717, 1.165) is 13.1 Å². The number of benzene rings is 1. The second-order valence-corrected chi connectivity index (χ2v) is 5.25. The first-order valence-electron chi connectivity index (χ1n) is 7.14. The predicted molar refractivity (Wildman–Crippen MR) is 76.1 cm³/mol. The summed E-state index contributed by atoms with van der Waals surface area (Å²) in [6.45, 7) is 3.95. The SMILES string of the molecule is CCOC(=O)CCN(C)Cc1ccc2c(c1)CCC2. The monoisotopic (exact) mass is 261 g/mol. The zero-order valence-corrected chi connectivity index (χ0v) is 11.9. The Bertz CT molecular complexity index is 442. The maximum atomic E-state index is 11.3. The van der Waals surface area contributed by atoms with Gasteiger partial charge in [-0.05, 0) is 49.9 Å². The molecule has 0 amide bonds. The molecule has 0 fully saturated rings. The van der Waals surface area contributed by atoms with Gasteiger partial charge in [0, 0.05) is 13.1 Å². The zero-order chi connectivity index (χ0) is 13.7. The number of rotatable bonds is 6. The predicted octanol–water partition coefficient (Wildman–Crippen LogP) is 2.56. The molecule has 0 spiro atoms. The molecule has 0 aliphatic heterocycles. The third kappa shape index (κ3) is 4.06. The summed E-state index contributed by atoms with van der Waals surface area (Å²) in [5.74, 6) is -0.108.